The molecule has 4 nitrogen and oxygen atoms in total. The number of benzene rings is 1. The van der Waals surface area contributed by atoms with Crippen LogP contribution in [0.3, 0.4) is 0 Å². The van der Waals surface area contributed by atoms with Crippen LogP contribution in [-0.4, -0.2) is 17.7 Å². The summed E-state index contributed by atoms with van der Waals surface area (Å²) in [7, 11) is 0. The number of halogens is 1. The highest BCUT2D eigenvalue weighted by atomic mass is 35.5. The molecular weight excluding hydrogens is 256 g/mol. The molecule has 1 aliphatic heterocycles. The molecule has 0 spiro atoms. The van der Waals surface area contributed by atoms with Crippen molar-refractivity contribution in [3.8, 4) is 0 Å². The van der Waals surface area contributed by atoms with Crippen LogP contribution >= 0.6 is 11.6 Å². The van der Waals surface area contributed by atoms with E-state index in [1.807, 2.05) is 0 Å². The van der Waals surface area contributed by atoms with E-state index in [0.717, 1.165) is 0 Å². The highest BCUT2D eigenvalue weighted by Gasteiger charge is 2.38. The Kier molecular flexibility index (Phi) is 3.13. The molecule has 94 valence electrons. The minimum Gasteiger partial charge on any atom is -0.419 e. The Hall–Kier alpha value is -1.81. The summed E-state index contributed by atoms with van der Waals surface area (Å²) in [6.45, 7) is 2.99. The largest absolute Gasteiger partial charge is 0.419 e. The van der Waals surface area contributed by atoms with Gasteiger partial charge in [-0.15, -0.1) is 0 Å². The molecule has 0 bridgehead atoms. The molecule has 1 fully saturated rings. The Morgan fingerprint density at radius 3 is 2.22 bits per heavy atom. The molecule has 0 amide bonds. The summed E-state index contributed by atoms with van der Waals surface area (Å²) in [6.07, 6.45) is 1.36. The second-order valence-electron chi connectivity index (χ2n) is 4.26. The first-order chi connectivity index (χ1) is 8.39. The monoisotopic (exact) mass is 266 g/mol. The fraction of sp³-hybridized carbons (Fsp3) is 0.231. The van der Waals surface area contributed by atoms with Crippen molar-refractivity contribution in [2.75, 3.05) is 0 Å². The molecule has 0 radical (unpaired) electrons. The van der Waals surface area contributed by atoms with Gasteiger partial charge in [0.05, 0.1) is 0 Å². The molecule has 5 heteroatoms. The van der Waals surface area contributed by atoms with Gasteiger partial charge in [0.1, 0.15) is 5.57 Å². The van der Waals surface area contributed by atoms with Crippen LogP contribution in [0.2, 0.25) is 5.02 Å². The van der Waals surface area contributed by atoms with Crippen LogP contribution in [-0.2, 0) is 19.1 Å². The van der Waals surface area contributed by atoms with Gasteiger partial charge in [-0.25, -0.2) is 9.59 Å². The van der Waals surface area contributed by atoms with E-state index in [2.05, 4.69) is 0 Å². The summed E-state index contributed by atoms with van der Waals surface area (Å²) in [5.74, 6) is -2.65. The second kappa shape index (κ2) is 4.46. The van der Waals surface area contributed by atoms with Gasteiger partial charge in [-0.3, -0.25) is 0 Å². The lowest BCUT2D eigenvalue weighted by atomic mass is 10.1. The molecule has 1 saturated heterocycles. The topological polar surface area (TPSA) is 52.6 Å². The third-order valence-electron chi connectivity index (χ3n) is 2.32. The fourth-order valence-electron chi connectivity index (χ4n) is 1.53. The molecule has 0 saturated carbocycles. The predicted molar refractivity (Wildman–Crippen MR) is 65.7 cm³/mol. The summed E-state index contributed by atoms with van der Waals surface area (Å²) in [4.78, 5) is 23.4. The van der Waals surface area contributed by atoms with Crippen LogP contribution in [0.15, 0.2) is 29.8 Å². The number of cyclic esters (lactones) is 2. The maximum Gasteiger partial charge on any atom is 0.348 e. The van der Waals surface area contributed by atoms with Crippen molar-refractivity contribution in [3.63, 3.8) is 0 Å². The van der Waals surface area contributed by atoms with E-state index in [0.29, 0.717) is 10.6 Å². The van der Waals surface area contributed by atoms with Crippen molar-refractivity contribution >= 4 is 29.6 Å². The lowest BCUT2D eigenvalue weighted by Crippen LogP contribution is -2.41. The maximum atomic E-state index is 11.7. The highest BCUT2D eigenvalue weighted by molar-refractivity contribution is 6.32. The molecule has 18 heavy (non-hydrogen) atoms. The Balaban J connectivity index is 2.37. The summed E-state index contributed by atoms with van der Waals surface area (Å²) in [6, 6.07) is 6.86. The molecule has 0 N–H and O–H groups in total. The molecule has 1 aromatic carbocycles. The number of carbonyl (C=O) groups is 2. The van der Waals surface area contributed by atoms with Gasteiger partial charge in [0, 0.05) is 18.9 Å². The average Bonchev–Trinajstić information content (AvgIpc) is 2.24. The van der Waals surface area contributed by atoms with E-state index in [-0.39, 0.29) is 5.57 Å². The molecular formula is C13H11ClO4. The van der Waals surface area contributed by atoms with E-state index in [9.17, 15) is 9.59 Å². The zero-order chi connectivity index (χ0) is 13.3. The van der Waals surface area contributed by atoms with Crippen LogP contribution < -0.4 is 0 Å². The van der Waals surface area contributed by atoms with E-state index >= 15 is 0 Å². The normalized spacial score (nSPS) is 18.1. The summed E-state index contributed by atoms with van der Waals surface area (Å²) >= 11 is 5.95. The third-order valence-corrected chi connectivity index (χ3v) is 2.67. The summed E-state index contributed by atoms with van der Waals surface area (Å²) in [5, 5.41) is 0.440. The van der Waals surface area contributed by atoms with Crippen molar-refractivity contribution in [1.29, 1.82) is 0 Å². The second-order valence-corrected chi connectivity index (χ2v) is 4.67. The van der Waals surface area contributed by atoms with Crippen LogP contribution in [0.5, 0.6) is 0 Å². The summed E-state index contributed by atoms with van der Waals surface area (Å²) < 4.78 is 9.95. The van der Waals surface area contributed by atoms with E-state index in [1.54, 1.807) is 24.3 Å². The number of hydrogen-bond acceptors (Lipinski definition) is 4. The van der Waals surface area contributed by atoms with Gasteiger partial charge in [-0.2, -0.15) is 0 Å². The highest BCUT2D eigenvalue weighted by Crippen LogP contribution is 2.25. The van der Waals surface area contributed by atoms with E-state index in [1.165, 1.54) is 19.9 Å². The molecule has 0 aromatic heterocycles. The first-order valence-corrected chi connectivity index (χ1v) is 5.70. The Morgan fingerprint density at radius 1 is 1.11 bits per heavy atom. The van der Waals surface area contributed by atoms with E-state index < -0.39 is 17.7 Å². The minimum absolute atomic E-state index is 0.164. The van der Waals surface area contributed by atoms with Crippen molar-refractivity contribution in [3.05, 3.63) is 40.4 Å². The Bertz CT molecular complexity index is 524. The van der Waals surface area contributed by atoms with E-state index in [4.69, 9.17) is 21.1 Å². The standard InChI is InChI=1S/C13H11ClO4/c1-13(2)17-11(15)9(12(16)18-13)7-8-5-3-4-6-10(8)14/h3-7H,1-2H3. The lowest BCUT2D eigenvalue weighted by molar-refractivity contribution is -0.222. The number of ether oxygens (including phenoxy) is 2. The predicted octanol–water partition coefficient (Wildman–Crippen LogP) is 2.56. The van der Waals surface area contributed by atoms with Gasteiger partial charge in [0.25, 0.3) is 5.79 Å². The van der Waals surface area contributed by atoms with Crippen LogP contribution in [0.25, 0.3) is 6.08 Å². The van der Waals surface area contributed by atoms with Gasteiger partial charge < -0.3 is 9.47 Å². The number of rotatable bonds is 1. The smallest absolute Gasteiger partial charge is 0.348 e. The molecule has 1 aromatic rings. The van der Waals surface area contributed by atoms with Gasteiger partial charge in [0.2, 0.25) is 0 Å². The zero-order valence-electron chi connectivity index (χ0n) is 9.90. The van der Waals surface area contributed by atoms with Gasteiger partial charge in [-0.1, -0.05) is 29.8 Å². The van der Waals surface area contributed by atoms with Crippen LogP contribution in [0.4, 0.5) is 0 Å². The third kappa shape index (κ3) is 2.54. The average molecular weight is 267 g/mol. The quantitative estimate of drug-likeness (QED) is 0.445. The molecule has 1 heterocycles. The molecule has 0 aliphatic carbocycles. The number of carbonyl (C=O) groups excluding carboxylic acids is 2. The van der Waals surface area contributed by atoms with Crippen molar-refractivity contribution in [2.24, 2.45) is 0 Å². The maximum absolute atomic E-state index is 11.7. The summed E-state index contributed by atoms with van der Waals surface area (Å²) in [5.41, 5.74) is 0.394. The fourth-order valence-corrected chi connectivity index (χ4v) is 1.72. The van der Waals surface area contributed by atoms with Crippen LogP contribution in [0, 0.1) is 0 Å². The Morgan fingerprint density at radius 2 is 1.67 bits per heavy atom. The Labute approximate surface area is 109 Å². The molecule has 0 atom stereocenters. The van der Waals surface area contributed by atoms with Gasteiger partial charge in [-0.05, 0) is 17.7 Å². The van der Waals surface area contributed by atoms with Crippen molar-refractivity contribution in [1.82, 2.24) is 0 Å². The SMILES string of the molecule is CC1(C)OC(=O)C(=Cc2ccccc2Cl)C(=O)O1. The van der Waals surface area contributed by atoms with Crippen molar-refractivity contribution < 1.29 is 19.1 Å². The first kappa shape index (κ1) is 12.6. The molecule has 2 rings (SSSR count). The molecule has 1 aliphatic rings. The minimum atomic E-state index is -1.23. The lowest BCUT2D eigenvalue weighted by Gasteiger charge is -2.29. The van der Waals surface area contributed by atoms with Crippen LogP contribution in [0.1, 0.15) is 19.4 Å². The number of hydrogen-bond donors (Lipinski definition) is 0. The van der Waals surface area contributed by atoms with Gasteiger partial charge in [0.15, 0.2) is 0 Å². The first-order valence-electron chi connectivity index (χ1n) is 5.32. The van der Waals surface area contributed by atoms with Crippen molar-refractivity contribution in [2.45, 2.75) is 19.6 Å². The van der Waals surface area contributed by atoms with Gasteiger partial charge >= 0.3 is 11.9 Å². The molecule has 0 unspecified atom stereocenters. The zero-order valence-corrected chi connectivity index (χ0v) is 10.7. The number of esters is 2.